The Balaban J connectivity index is 0.000000198. The molecule has 0 unspecified atom stereocenters. The SMILES string of the molecule is Cc1ccc(CC2CCN(C(=O)NCc3ccc(CN)cc3)CC2)cc1.NCc1ccc(CNC(=O)N2CCC(Cc3ccccn3)CC2)cc1. The quantitative estimate of drug-likeness (QED) is 0.155. The fourth-order valence-corrected chi connectivity index (χ4v) is 6.72. The first-order chi connectivity index (χ1) is 24.9. The van der Waals surface area contributed by atoms with Gasteiger partial charge in [0.1, 0.15) is 0 Å². The number of pyridine rings is 1. The van der Waals surface area contributed by atoms with Crippen LogP contribution in [0.5, 0.6) is 0 Å². The van der Waals surface area contributed by atoms with Crippen LogP contribution in [-0.4, -0.2) is 53.0 Å². The number of benzene rings is 3. The van der Waals surface area contributed by atoms with Gasteiger partial charge in [-0.05, 0) is 97.2 Å². The van der Waals surface area contributed by atoms with Crippen molar-refractivity contribution in [2.24, 2.45) is 23.3 Å². The van der Waals surface area contributed by atoms with Gasteiger partial charge in [0.25, 0.3) is 0 Å². The minimum atomic E-state index is 0.0270. The Kier molecular flexibility index (Phi) is 14.4. The van der Waals surface area contributed by atoms with Crippen LogP contribution in [0.4, 0.5) is 9.59 Å². The van der Waals surface area contributed by atoms with E-state index in [1.807, 2.05) is 76.7 Å². The number of nitrogens with one attached hydrogen (secondary N) is 2. The van der Waals surface area contributed by atoms with Gasteiger partial charge in [-0.3, -0.25) is 4.98 Å². The van der Waals surface area contributed by atoms with Crippen molar-refractivity contribution in [3.8, 4) is 0 Å². The van der Waals surface area contributed by atoms with E-state index in [9.17, 15) is 9.59 Å². The van der Waals surface area contributed by atoms with Gasteiger partial charge in [0.15, 0.2) is 0 Å². The average Bonchev–Trinajstić information content (AvgIpc) is 3.18. The lowest BCUT2D eigenvalue weighted by Crippen LogP contribution is -2.44. The van der Waals surface area contributed by atoms with Crippen molar-refractivity contribution in [3.05, 3.63) is 136 Å². The maximum Gasteiger partial charge on any atom is 0.317 e. The number of carbonyl (C=O) groups is 2. The van der Waals surface area contributed by atoms with Crippen LogP contribution in [0.2, 0.25) is 0 Å². The summed E-state index contributed by atoms with van der Waals surface area (Å²) in [7, 11) is 0. The Morgan fingerprint density at radius 3 is 1.47 bits per heavy atom. The van der Waals surface area contributed by atoms with Gasteiger partial charge in [-0.15, -0.1) is 0 Å². The smallest absolute Gasteiger partial charge is 0.317 e. The predicted octanol–water partition coefficient (Wildman–Crippen LogP) is 6.32. The number of amides is 4. The van der Waals surface area contributed by atoms with E-state index in [4.69, 9.17) is 11.5 Å². The van der Waals surface area contributed by atoms with E-state index in [0.717, 1.165) is 92.7 Å². The summed E-state index contributed by atoms with van der Waals surface area (Å²) in [5, 5.41) is 6.05. The van der Waals surface area contributed by atoms with E-state index in [0.29, 0.717) is 38.0 Å². The molecular weight excluding hydrogens is 635 g/mol. The van der Waals surface area contributed by atoms with Gasteiger partial charge >= 0.3 is 12.1 Å². The number of piperidine rings is 2. The molecule has 6 N–H and O–H groups in total. The van der Waals surface area contributed by atoms with Gasteiger partial charge in [0, 0.05) is 64.2 Å². The molecule has 51 heavy (non-hydrogen) atoms. The number of likely N-dealkylation sites (tertiary alicyclic amines) is 2. The highest BCUT2D eigenvalue weighted by molar-refractivity contribution is 5.74. The third kappa shape index (κ3) is 12.2. The second kappa shape index (κ2) is 19.6. The molecule has 9 nitrogen and oxygen atoms in total. The number of aromatic nitrogens is 1. The van der Waals surface area contributed by atoms with Crippen LogP contribution in [0.3, 0.4) is 0 Å². The molecule has 1 aromatic heterocycles. The molecule has 4 amide bonds. The maximum absolute atomic E-state index is 12.4. The summed E-state index contributed by atoms with van der Waals surface area (Å²) in [5.74, 6) is 1.29. The Bertz CT molecular complexity index is 1610. The lowest BCUT2D eigenvalue weighted by atomic mass is 9.90. The van der Waals surface area contributed by atoms with Gasteiger partial charge in [-0.2, -0.15) is 0 Å². The van der Waals surface area contributed by atoms with E-state index < -0.39 is 0 Å². The minimum Gasteiger partial charge on any atom is -0.334 e. The highest BCUT2D eigenvalue weighted by Gasteiger charge is 2.24. The summed E-state index contributed by atoms with van der Waals surface area (Å²) in [6.45, 7) is 7.63. The summed E-state index contributed by atoms with van der Waals surface area (Å²) in [6.07, 6.45) is 8.19. The summed E-state index contributed by atoms with van der Waals surface area (Å²) in [5.41, 5.74) is 19.5. The van der Waals surface area contributed by atoms with Crippen molar-refractivity contribution in [3.63, 3.8) is 0 Å². The molecule has 3 aromatic carbocycles. The first-order valence-electron chi connectivity index (χ1n) is 18.4. The summed E-state index contributed by atoms with van der Waals surface area (Å²) >= 11 is 0. The van der Waals surface area contributed by atoms with Gasteiger partial charge in [0.2, 0.25) is 0 Å². The molecule has 0 aliphatic carbocycles. The second-order valence-electron chi connectivity index (χ2n) is 13.9. The average molecular weight is 690 g/mol. The third-order valence-electron chi connectivity index (χ3n) is 10.1. The van der Waals surface area contributed by atoms with E-state index in [1.165, 1.54) is 11.1 Å². The van der Waals surface area contributed by atoms with Gasteiger partial charge in [0.05, 0.1) is 0 Å². The lowest BCUT2D eigenvalue weighted by Gasteiger charge is -2.32. The Morgan fingerprint density at radius 2 is 1.04 bits per heavy atom. The van der Waals surface area contributed by atoms with Gasteiger partial charge < -0.3 is 31.9 Å². The zero-order valence-corrected chi connectivity index (χ0v) is 30.1. The molecule has 2 aliphatic heterocycles. The molecule has 4 aromatic rings. The van der Waals surface area contributed by atoms with Crippen molar-refractivity contribution >= 4 is 12.1 Å². The molecule has 6 rings (SSSR count). The van der Waals surface area contributed by atoms with Gasteiger partial charge in [-0.25, -0.2) is 9.59 Å². The van der Waals surface area contributed by atoms with Crippen molar-refractivity contribution in [1.29, 1.82) is 0 Å². The number of carbonyl (C=O) groups excluding carboxylic acids is 2. The fraction of sp³-hybridized carbons (Fsp3) is 0.405. The van der Waals surface area contributed by atoms with Crippen LogP contribution in [0.1, 0.15) is 64.8 Å². The predicted molar refractivity (Wildman–Crippen MR) is 205 cm³/mol. The largest absolute Gasteiger partial charge is 0.334 e. The molecule has 2 fully saturated rings. The summed E-state index contributed by atoms with van der Waals surface area (Å²) in [4.78, 5) is 33.0. The lowest BCUT2D eigenvalue weighted by molar-refractivity contribution is 0.169. The van der Waals surface area contributed by atoms with Crippen molar-refractivity contribution in [2.45, 2.75) is 71.6 Å². The van der Waals surface area contributed by atoms with Crippen LogP contribution in [0, 0.1) is 18.8 Å². The molecule has 2 aliphatic rings. The third-order valence-corrected chi connectivity index (χ3v) is 10.1. The fourth-order valence-electron chi connectivity index (χ4n) is 6.72. The molecule has 3 heterocycles. The zero-order valence-electron chi connectivity index (χ0n) is 30.1. The number of nitrogens with two attached hydrogens (primary N) is 2. The number of aryl methyl sites for hydroxylation is 1. The van der Waals surface area contributed by atoms with E-state index in [-0.39, 0.29) is 12.1 Å². The molecule has 0 spiro atoms. The Hall–Kier alpha value is -4.73. The van der Waals surface area contributed by atoms with Crippen molar-refractivity contribution in [1.82, 2.24) is 25.4 Å². The molecule has 9 heteroatoms. The first-order valence-corrected chi connectivity index (χ1v) is 18.4. The minimum absolute atomic E-state index is 0.0270. The van der Waals surface area contributed by atoms with Crippen LogP contribution in [0.15, 0.2) is 97.2 Å². The molecular formula is C42H55N7O2. The summed E-state index contributed by atoms with van der Waals surface area (Å²) < 4.78 is 0. The monoisotopic (exact) mass is 689 g/mol. The van der Waals surface area contributed by atoms with E-state index in [1.54, 1.807) is 0 Å². The van der Waals surface area contributed by atoms with Crippen molar-refractivity contribution in [2.75, 3.05) is 26.2 Å². The van der Waals surface area contributed by atoms with E-state index >= 15 is 0 Å². The molecule has 0 bridgehead atoms. The number of hydrogen-bond acceptors (Lipinski definition) is 5. The normalized spacial score (nSPS) is 15.1. The molecule has 2 saturated heterocycles. The standard InChI is InChI=1S/C22H29N3O.C20H26N4O/c1-17-2-4-18(5-3-17)14-19-10-12-25(13-11-19)22(26)24-16-21-8-6-20(15-23)7-9-21;21-14-17-4-6-18(7-5-17)15-23-20(25)24-11-8-16(9-12-24)13-19-3-1-2-10-22-19/h2-9,19H,10-16,23H2,1H3,(H,24,26);1-7,10,16H,8-9,11-15,21H2,(H,23,25). The highest BCUT2D eigenvalue weighted by Crippen LogP contribution is 2.23. The Morgan fingerprint density at radius 1 is 0.608 bits per heavy atom. The zero-order chi connectivity index (χ0) is 35.8. The Labute approximate surface area is 303 Å². The number of rotatable bonds is 10. The highest BCUT2D eigenvalue weighted by atomic mass is 16.2. The molecule has 0 radical (unpaired) electrons. The van der Waals surface area contributed by atoms with Crippen LogP contribution < -0.4 is 22.1 Å². The van der Waals surface area contributed by atoms with E-state index in [2.05, 4.69) is 52.9 Å². The van der Waals surface area contributed by atoms with Crippen LogP contribution >= 0.6 is 0 Å². The molecule has 0 atom stereocenters. The molecule has 0 saturated carbocycles. The molecule has 270 valence electrons. The second-order valence-corrected chi connectivity index (χ2v) is 13.9. The topological polar surface area (TPSA) is 130 Å². The van der Waals surface area contributed by atoms with Crippen molar-refractivity contribution < 1.29 is 9.59 Å². The number of urea groups is 2. The summed E-state index contributed by atoms with van der Waals surface area (Å²) in [6, 6.07) is 31.0. The van der Waals surface area contributed by atoms with Gasteiger partial charge in [-0.1, -0.05) is 84.4 Å². The number of hydrogen-bond donors (Lipinski definition) is 4. The van der Waals surface area contributed by atoms with Crippen LogP contribution in [0.25, 0.3) is 0 Å². The number of nitrogens with zero attached hydrogens (tertiary/aromatic N) is 3. The first kappa shape index (κ1) is 37.5. The maximum atomic E-state index is 12.4. The van der Waals surface area contributed by atoms with Crippen LogP contribution in [-0.2, 0) is 39.0 Å².